The van der Waals surface area contributed by atoms with Gasteiger partial charge in [0.2, 0.25) is 0 Å². The summed E-state index contributed by atoms with van der Waals surface area (Å²) in [4.78, 5) is 11.5. The van der Waals surface area contributed by atoms with Crippen molar-refractivity contribution in [2.24, 2.45) is 0 Å². The molecule has 0 aliphatic heterocycles. The zero-order chi connectivity index (χ0) is 16.9. The molecule has 124 valence electrons. The number of hydrogen-bond acceptors (Lipinski definition) is 4. The molecule has 5 heteroatoms. The van der Waals surface area contributed by atoms with Gasteiger partial charge in [-0.05, 0) is 42.5 Å². The van der Waals surface area contributed by atoms with Crippen molar-refractivity contribution in [2.45, 2.75) is 39.9 Å². The van der Waals surface area contributed by atoms with E-state index in [9.17, 15) is 9.46 Å². The summed E-state index contributed by atoms with van der Waals surface area (Å²) < 4.78 is 21.2. The van der Waals surface area contributed by atoms with Gasteiger partial charge in [0.15, 0.2) is 0 Å². The Balaban J connectivity index is 2.00. The summed E-state index contributed by atoms with van der Waals surface area (Å²) in [7, 11) is -4.24. The van der Waals surface area contributed by atoms with Gasteiger partial charge in [0.25, 0.3) is 7.82 Å². The van der Waals surface area contributed by atoms with Gasteiger partial charge in [0.05, 0.1) is 12.7 Å². The third-order valence-electron chi connectivity index (χ3n) is 3.38. The van der Waals surface area contributed by atoms with Crippen LogP contribution in [0.1, 0.15) is 31.9 Å². The van der Waals surface area contributed by atoms with Crippen LogP contribution in [-0.2, 0) is 26.6 Å². The van der Waals surface area contributed by atoms with Gasteiger partial charge in [-0.3, -0.25) is 4.57 Å². The number of phosphoric ester groups is 1. The van der Waals surface area contributed by atoms with E-state index in [1.807, 2.05) is 24.3 Å². The first-order valence-electron chi connectivity index (χ1n) is 7.72. The van der Waals surface area contributed by atoms with Crippen LogP contribution in [0.5, 0.6) is 0 Å². The Morgan fingerprint density at radius 2 is 1.43 bits per heavy atom. The van der Waals surface area contributed by atoms with Crippen molar-refractivity contribution in [1.29, 1.82) is 0 Å². The lowest BCUT2D eigenvalue weighted by Gasteiger charge is -2.24. The van der Waals surface area contributed by atoms with Gasteiger partial charge >= 0.3 is 0 Å². The lowest BCUT2D eigenvalue weighted by atomic mass is 10.0. The number of hydrogen-bond donors (Lipinski definition) is 0. The van der Waals surface area contributed by atoms with Crippen LogP contribution in [0, 0.1) is 0 Å². The Bertz CT molecular complexity index is 662. The third kappa shape index (κ3) is 5.60. The van der Waals surface area contributed by atoms with Gasteiger partial charge in [-0.1, -0.05) is 55.5 Å². The molecule has 0 aliphatic carbocycles. The number of benzene rings is 2. The first-order chi connectivity index (χ1) is 10.9. The summed E-state index contributed by atoms with van der Waals surface area (Å²) in [5.41, 5.74) is 4.30. The van der Waals surface area contributed by atoms with Crippen molar-refractivity contribution in [3.8, 4) is 11.1 Å². The average Bonchev–Trinajstić information content (AvgIpc) is 2.52. The Morgan fingerprint density at radius 1 is 0.957 bits per heavy atom. The van der Waals surface area contributed by atoms with Crippen molar-refractivity contribution in [3.63, 3.8) is 0 Å². The monoisotopic (exact) mass is 333 g/mol. The molecular weight excluding hydrogens is 311 g/mol. The highest BCUT2D eigenvalue weighted by Gasteiger charge is 2.11. The van der Waals surface area contributed by atoms with Crippen LogP contribution in [0.3, 0.4) is 0 Å². The van der Waals surface area contributed by atoms with Crippen molar-refractivity contribution < 1.29 is 18.5 Å². The van der Waals surface area contributed by atoms with Gasteiger partial charge in [0, 0.05) is 0 Å². The largest absolute Gasteiger partial charge is 0.756 e. The first kappa shape index (κ1) is 17.9. The van der Waals surface area contributed by atoms with Crippen LogP contribution < -0.4 is 4.89 Å². The second-order valence-electron chi connectivity index (χ2n) is 5.62. The third-order valence-corrected chi connectivity index (χ3v) is 4.50. The summed E-state index contributed by atoms with van der Waals surface area (Å²) in [6.45, 7) is 5.39. The van der Waals surface area contributed by atoms with Crippen molar-refractivity contribution >= 4 is 7.82 Å². The maximum Gasteiger partial charge on any atom is 0.268 e. The van der Waals surface area contributed by atoms with E-state index in [1.165, 1.54) is 5.56 Å². The molecule has 0 fully saturated rings. The van der Waals surface area contributed by atoms with Crippen molar-refractivity contribution in [3.05, 3.63) is 59.7 Å². The standard InChI is InChI=1S/C18H23O4P/c1-4-15-5-9-17(10-6-15)18-11-7-16(8-12-18)13-21-23(19,20)22-14(2)3/h5-12,14H,4,13H2,1-3H3,(H,19,20)/p-1. The smallest absolute Gasteiger partial charge is 0.268 e. The minimum atomic E-state index is -4.24. The number of rotatable bonds is 7. The van der Waals surface area contributed by atoms with Crippen LogP contribution in [0.4, 0.5) is 0 Å². The summed E-state index contributed by atoms with van der Waals surface area (Å²) in [5.74, 6) is 0. The average molecular weight is 333 g/mol. The van der Waals surface area contributed by atoms with E-state index in [0.717, 1.165) is 23.1 Å². The number of phosphoric acid groups is 1. The summed E-state index contributed by atoms with van der Waals surface area (Å²) in [5, 5.41) is 0. The van der Waals surface area contributed by atoms with Gasteiger partial charge in [-0.15, -0.1) is 0 Å². The topological polar surface area (TPSA) is 58.6 Å². The molecule has 0 spiro atoms. The molecular formula is C18H22O4P-. The van der Waals surface area contributed by atoms with E-state index in [2.05, 4.69) is 31.2 Å². The zero-order valence-corrected chi connectivity index (χ0v) is 14.6. The molecule has 0 aromatic heterocycles. The minimum Gasteiger partial charge on any atom is -0.756 e. The van der Waals surface area contributed by atoms with E-state index in [0.29, 0.717) is 0 Å². The van der Waals surface area contributed by atoms with Crippen LogP contribution in [0.25, 0.3) is 11.1 Å². The molecule has 0 aliphatic rings. The zero-order valence-electron chi connectivity index (χ0n) is 13.7. The van der Waals surface area contributed by atoms with Crippen LogP contribution in [0.15, 0.2) is 48.5 Å². The predicted octanol–water partition coefficient (Wildman–Crippen LogP) is 4.33. The molecule has 0 saturated carbocycles. The quantitative estimate of drug-likeness (QED) is 0.708. The number of aryl methyl sites for hydroxylation is 1. The van der Waals surface area contributed by atoms with E-state index in [4.69, 9.17) is 9.05 Å². The lowest BCUT2D eigenvalue weighted by molar-refractivity contribution is -0.229. The Labute approximate surface area is 137 Å². The summed E-state index contributed by atoms with van der Waals surface area (Å²) in [6.07, 6.45) is 0.594. The highest BCUT2D eigenvalue weighted by atomic mass is 31.2. The molecule has 1 unspecified atom stereocenters. The second-order valence-corrected chi connectivity index (χ2v) is 6.99. The minimum absolute atomic E-state index is 0.0252. The van der Waals surface area contributed by atoms with Crippen molar-refractivity contribution in [1.82, 2.24) is 0 Å². The predicted molar refractivity (Wildman–Crippen MR) is 89.9 cm³/mol. The highest BCUT2D eigenvalue weighted by molar-refractivity contribution is 7.45. The Hall–Kier alpha value is -1.45. The molecule has 4 nitrogen and oxygen atoms in total. The molecule has 23 heavy (non-hydrogen) atoms. The van der Waals surface area contributed by atoms with E-state index in [-0.39, 0.29) is 6.61 Å². The molecule has 0 radical (unpaired) electrons. The van der Waals surface area contributed by atoms with E-state index in [1.54, 1.807) is 13.8 Å². The van der Waals surface area contributed by atoms with Gasteiger partial charge in [0.1, 0.15) is 0 Å². The molecule has 2 rings (SSSR count). The molecule has 0 saturated heterocycles. The normalized spacial score (nSPS) is 14.0. The van der Waals surface area contributed by atoms with Crippen molar-refractivity contribution in [2.75, 3.05) is 0 Å². The van der Waals surface area contributed by atoms with Gasteiger partial charge in [-0.2, -0.15) is 0 Å². The van der Waals surface area contributed by atoms with E-state index >= 15 is 0 Å². The Kier molecular flexibility index (Phi) is 6.14. The van der Waals surface area contributed by atoms with Crippen LogP contribution in [-0.4, -0.2) is 6.10 Å². The Morgan fingerprint density at radius 3 is 1.87 bits per heavy atom. The van der Waals surface area contributed by atoms with Crippen LogP contribution in [0.2, 0.25) is 0 Å². The molecule has 1 atom stereocenters. The summed E-state index contributed by atoms with van der Waals surface area (Å²) >= 11 is 0. The molecule has 2 aromatic rings. The highest BCUT2D eigenvalue weighted by Crippen LogP contribution is 2.40. The van der Waals surface area contributed by atoms with Crippen LogP contribution >= 0.6 is 7.82 Å². The molecule has 0 N–H and O–H groups in total. The first-order valence-corrected chi connectivity index (χ1v) is 9.18. The molecule has 2 aromatic carbocycles. The van der Waals surface area contributed by atoms with Gasteiger partial charge in [-0.25, -0.2) is 0 Å². The SMILES string of the molecule is CCc1ccc(-c2ccc(COP(=O)([O-])OC(C)C)cc2)cc1. The lowest BCUT2D eigenvalue weighted by Crippen LogP contribution is -2.12. The maximum absolute atomic E-state index is 11.5. The fraction of sp³-hybridized carbons (Fsp3) is 0.333. The fourth-order valence-electron chi connectivity index (χ4n) is 2.17. The second kappa shape index (κ2) is 7.89. The van der Waals surface area contributed by atoms with Gasteiger partial charge < -0.3 is 13.9 Å². The molecule has 0 bridgehead atoms. The fourth-order valence-corrected chi connectivity index (χ4v) is 3.05. The maximum atomic E-state index is 11.5. The molecule has 0 heterocycles. The summed E-state index contributed by atoms with van der Waals surface area (Å²) in [6, 6.07) is 16.0. The molecule has 0 amide bonds. The van der Waals surface area contributed by atoms with E-state index < -0.39 is 13.9 Å².